The molecular formula is C17H34O9. The van der Waals surface area contributed by atoms with Crippen LogP contribution in [-0.4, -0.2) is 93.6 Å². The molecule has 0 radical (unpaired) electrons. The molecule has 26 heavy (non-hydrogen) atoms. The first-order valence-corrected chi connectivity index (χ1v) is 8.65. The number of aliphatic hydroxyl groups is 2. The number of aliphatic hydroxyl groups excluding tert-OH is 2. The number of carboxylic acid groups (broad SMARTS) is 1. The maximum Gasteiger partial charge on any atom is 0.327 e. The number of rotatable bonds is 18. The van der Waals surface area contributed by atoms with Gasteiger partial charge in [-0.25, -0.2) is 4.79 Å². The van der Waals surface area contributed by atoms with Crippen molar-refractivity contribution in [2.75, 3.05) is 66.1 Å². The molecule has 0 aliphatic rings. The van der Waals surface area contributed by atoms with Crippen LogP contribution >= 0.6 is 0 Å². The summed E-state index contributed by atoms with van der Waals surface area (Å²) < 4.78 is 25.9. The van der Waals surface area contributed by atoms with Gasteiger partial charge in [0.1, 0.15) is 0 Å². The summed E-state index contributed by atoms with van der Waals surface area (Å²) in [6, 6.07) is 0. The summed E-state index contributed by atoms with van der Waals surface area (Å²) in [5, 5.41) is 25.5. The van der Waals surface area contributed by atoms with E-state index in [1.165, 1.54) is 0 Å². The van der Waals surface area contributed by atoms with Crippen LogP contribution in [0, 0.1) is 0 Å². The third kappa shape index (κ3) is 27.8. The van der Waals surface area contributed by atoms with Crippen molar-refractivity contribution in [2.24, 2.45) is 0 Å². The molecule has 0 fully saturated rings. The summed E-state index contributed by atoms with van der Waals surface area (Å²) in [5.74, 6) is -0.981. The van der Waals surface area contributed by atoms with Crippen molar-refractivity contribution in [2.45, 2.75) is 26.1 Å². The second kappa shape index (κ2) is 23.9. The predicted octanol–water partition coefficient (Wildman–Crippen LogP) is 0.437. The van der Waals surface area contributed by atoms with Crippen molar-refractivity contribution in [1.29, 1.82) is 0 Å². The van der Waals surface area contributed by atoms with Gasteiger partial charge in [0.2, 0.25) is 0 Å². The first-order chi connectivity index (χ1) is 12.6. The third-order valence-corrected chi connectivity index (χ3v) is 2.59. The van der Waals surface area contributed by atoms with E-state index in [1.807, 2.05) is 0 Å². The lowest BCUT2D eigenvalue weighted by atomic mass is 10.4. The molecule has 0 saturated heterocycles. The molecule has 9 heteroatoms. The Hall–Kier alpha value is -1.07. The Morgan fingerprint density at radius 1 is 0.962 bits per heavy atom. The zero-order valence-corrected chi connectivity index (χ0v) is 15.6. The molecule has 0 heterocycles. The Morgan fingerprint density at radius 2 is 1.42 bits per heavy atom. The van der Waals surface area contributed by atoms with Crippen molar-refractivity contribution in [3.8, 4) is 0 Å². The van der Waals surface area contributed by atoms with Crippen LogP contribution in [0.15, 0.2) is 12.7 Å². The topological polar surface area (TPSA) is 124 Å². The summed E-state index contributed by atoms with van der Waals surface area (Å²) in [6.07, 6.45) is 1.95. The Kier molecular flexibility index (Phi) is 25.0. The number of ether oxygens (including phenoxy) is 5. The molecule has 0 saturated carbocycles. The van der Waals surface area contributed by atoms with Crippen LogP contribution < -0.4 is 0 Å². The molecule has 0 aromatic rings. The number of hydrogen-bond donors (Lipinski definition) is 3. The normalized spacial score (nSPS) is 11.5. The molecule has 0 aliphatic heterocycles. The smallest absolute Gasteiger partial charge is 0.327 e. The molecule has 0 amide bonds. The van der Waals surface area contributed by atoms with Gasteiger partial charge in [0.05, 0.1) is 59.5 Å². The minimum Gasteiger partial charge on any atom is -0.478 e. The van der Waals surface area contributed by atoms with Crippen molar-refractivity contribution in [3.63, 3.8) is 0 Å². The maximum atomic E-state index is 9.40. The van der Waals surface area contributed by atoms with Crippen LogP contribution in [-0.2, 0) is 28.5 Å². The molecule has 3 N–H and O–H groups in total. The van der Waals surface area contributed by atoms with Crippen LogP contribution in [0.25, 0.3) is 0 Å². The lowest BCUT2D eigenvalue weighted by Gasteiger charge is -2.12. The second-order valence-electron chi connectivity index (χ2n) is 4.86. The Labute approximate surface area is 155 Å². The molecular weight excluding hydrogens is 348 g/mol. The van der Waals surface area contributed by atoms with Gasteiger partial charge in [-0.3, -0.25) is 0 Å². The summed E-state index contributed by atoms with van der Waals surface area (Å²) >= 11 is 0. The van der Waals surface area contributed by atoms with Gasteiger partial charge in [-0.1, -0.05) is 19.9 Å². The largest absolute Gasteiger partial charge is 0.478 e. The van der Waals surface area contributed by atoms with E-state index in [1.54, 1.807) is 0 Å². The minimum absolute atomic E-state index is 0.0292. The number of aliphatic carboxylic acids is 1. The summed E-state index contributed by atoms with van der Waals surface area (Å²) in [5.41, 5.74) is 0. The Bertz CT molecular complexity index is 300. The summed E-state index contributed by atoms with van der Waals surface area (Å²) in [6.45, 7) is 8.90. The first-order valence-electron chi connectivity index (χ1n) is 8.65. The van der Waals surface area contributed by atoms with Crippen LogP contribution in [0.3, 0.4) is 0 Å². The predicted molar refractivity (Wildman–Crippen MR) is 95.1 cm³/mol. The van der Waals surface area contributed by atoms with E-state index in [-0.39, 0.29) is 13.2 Å². The zero-order chi connectivity index (χ0) is 19.9. The fraction of sp³-hybridized carbons (Fsp3) is 0.824. The fourth-order valence-electron chi connectivity index (χ4n) is 1.32. The first kappa shape index (κ1) is 27.2. The van der Waals surface area contributed by atoms with Gasteiger partial charge in [-0.15, -0.1) is 0 Å². The average molecular weight is 382 g/mol. The highest BCUT2D eigenvalue weighted by Crippen LogP contribution is 1.93. The molecule has 0 aromatic heterocycles. The van der Waals surface area contributed by atoms with Crippen LogP contribution in [0.1, 0.15) is 19.8 Å². The van der Waals surface area contributed by atoms with Gasteiger partial charge in [0, 0.05) is 12.7 Å². The second-order valence-corrected chi connectivity index (χ2v) is 4.86. The molecule has 0 spiro atoms. The lowest BCUT2D eigenvalue weighted by Crippen LogP contribution is -2.21. The highest BCUT2D eigenvalue weighted by atomic mass is 16.6. The number of unbranched alkanes of at least 4 members (excludes halogenated alkanes) is 1. The zero-order valence-electron chi connectivity index (χ0n) is 15.6. The quantitative estimate of drug-likeness (QED) is 0.176. The highest BCUT2D eigenvalue weighted by Gasteiger charge is 2.03. The highest BCUT2D eigenvalue weighted by molar-refractivity contribution is 5.78. The Balaban J connectivity index is 0. The van der Waals surface area contributed by atoms with Crippen molar-refractivity contribution in [3.05, 3.63) is 12.7 Å². The Morgan fingerprint density at radius 3 is 1.85 bits per heavy atom. The molecule has 156 valence electrons. The van der Waals surface area contributed by atoms with E-state index < -0.39 is 12.3 Å². The maximum absolute atomic E-state index is 9.40. The monoisotopic (exact) mass is 382 g/mol. The van der Waals surface area contributed by atoms with Gasteiger partial charge in [-0.05, 0) is 6.42 Å². The van der Waals surface area contributed by atoms with Gasteiger partial charge in [0.25, 0.3) is 0 Å². The van der Waals surface area contributed by atoms with E-state index >= 15 is 0 Å². The molecule has 9 nitrogen and oxygen atoms in total. The van der Waals surface area contributed by atoms with E-state index in [2.05, 4.69) is 13.5 Å². The van der Waals surface area contributed by atoms with Crippen molar-refractivity contribution in [1.82, 2.24) is 0 Å². The third-order valence-electron chi connectivity index (χ3n) is 2.59. The molecule has 0 rings (SSSR count). The number of carbonyl (C=O) groups is 1. The molecule has 1 unspecified atom stereocenters. The van der Waals surface area contributed by atoms with Crippen LogP contribution in [0.5, 0.6) is 0 Å². The molecule has 0 bridgehead atoms. The van der Waals surface area contributed by atoms with Crippen molar-refractivity contribution < 1.29 is 43.8 Å². The number of carboxylic acids is 1. The molecule has 0 aromatic carbocycles. The standard InChI is InChI=1S/C14H30O7.C3H4O2/c1-2-3-5-21-14(16)13-20-12-11-19-10-9-18-8-7-17-6-4-15;1-2-3(4)5/h14-16H,2-13H2,1H3;2H,1H2,(H,4,5). The van der Waals surface area contributed by atoms with Gasteiger partial charge in [-0.2, -0.15) is 0 Å². The van der Waals surface area contributed by atoms with Gasteiger partial charge in [0.15, 0.2) is 6.29 Å². The minimum atomic E-state index is -0.981. The summed E-state index contributed by atoms with van der Waals surface area (Å²) in [7, 11) is 0. The van der Waals surface area contributed by atoms with Crippen LogP contribution in [0.4, 0.5) is 0 Å². The van der Waals surface area contributed by atoms with Crippen molar-refractivity contribution >= 4 is 5.97 Å². The van der Waals surface area contributed by atoms with Gasteiger partial charge < -0.3 is 39.0 Å². The van der Waals surface area contributed by atoms with E-state index in [0.717, 1.165) is 18.9 Å². The van der Waals surface area contributed by atoms with E-state index in [9.17, 15) is 9.90 Å². The van der Waals surface area contributed by atoms with Crippen LogP contribution in [0.2, 0.25) is 0 Å². The van der Waals surface area contributed by atoms with Gasteiger partial charge >= 0.3 is 5.97 Å². The SMILES string of the molecule is C=CC(=O)O.CCCCOC(O)COCCOCCOCCOCCO. The summed E-state index contributed by atoms with van der Waals surface area (Å²) in [4.78, 5) is 9.25. The fourth-order valence-corrected chi connectivity index (χ4v) is 1.32. The van der Waals surface area contributed by atoms with E-state index in [4.69, 9.17) is 33.9 Å². The van der Waals surface area contributed by atoms with E-state index in [0.29, 0.717) is 52.9 Å². The lowest BCUT2D eigenvalue weighted by molar-refractivity contribution is -0.141. The number of hydrogen-bond acceptors (Lipinski definition) is 8. The molecule has 0 aliphatic carbocycles. The molecule has 1 atom stereocenters. The average Bonchev–Trinajstić information content (AvgIpc) is 2.63.